The lowest BCUT2D eigenvalue weighted by atomic mass is 10.3. The van der Waals surface area contributed by atoms with Crippen LogP contribution in [0.2, 0.25) is 0 Å². The summed E-state index contributed by atoms with van der Waals surface area (Å²) in [6, 6.07) is 0. The quantitative estimate of drug-likeness (QED) is 0.678. The summed E-state index contributed by atoms with van der Waals surface area (Å²) in [7, 11) is 0. The van der Waals surface area contributed by atoms with Crippen molar-refractivity contribution in [3.8, 4) is 0 Å². The van der Waals surface area contributed by atoms with Gasteiger partial charge < -0.3 is 10.7 Å². The number of imidazole rings is 2. The lowest BCUT2D eigenvalue weighted by Gasteiger charge is -1.88. The minimum atomic E-state index is 0.669. The van der Waals surface area contributed by atoms with E-state index >= 15 is 0 Å². The number of hydrogen-bond donors (Lipinski definition) is 2. The number of aromatic amines is 1. The van der Waals surface area contributed by atoms with Gasteiger partial charge in [0.2, 0.25) is 5.78 Å². The van der Waals surface area contributed by atoms with E-state index in [1.807, 2.05) is 23.7 Å². The fourth-order valence-corrected chi connectivity index (χ4v) is 1.32. The van der Waals surface area contributed by atoms with Crippen LogP contribution in [0.25, 0.3) is 5.78 Å². The van der Waals surface area contributed by atoms with E-state index in [2.05, 4.69) is 9.97 Å². The number of H-pyrrole nitrogens is 1. The highest BCUT2D eigenvalue weighted by Crippen LogP contribution is 2.06. The van der Waals surface area contributed by atoms with Crippen LogP contribution < -0.4 is 5.73 Å². The number of fused-ring (bicyclic) bond motifs is 1. The number of rotatable bonds is 2. The molecule has 0 fully saturated rings. The molecule has 0 saturated carbocycles. The lowest BCUT2D eigenvalue weighted by molar-refractivity contribution is 0.934. The zero-order valence-corrected chi connectivity index (χ0v) is 7.04. The number of nitrogens with one attached hydrogen (secondary N) is 1. The van der Waals surface area contributed by atoms with Crippen LogP contribution >= 0.6 is 0 Å². The largest absolute Gasteiger partial charge is 0.330 e. The summed E-state index contributed by atoms with van der Waals surface area (Å²) in [5.41, 5.74) is 7.72. The van der Waals surface area contributed by atoms with Gasteiger partial charge in [0.25, 0.3) is 0 Å². The smallest absolute Gasteiger partial charge is 0.211 e. The molecule has 0 unspecified atom stereocenters. The topological polar surface area (TPSA) is 59.1 Å². The lowest BCUT2D eigenvalue weighted by Crippen LogP contribution is -2.02. The van der Waals surface area contributed by atoms with Gasteiger partial charge in [-0.05, 0) is 13.5 Å². The molecule has 0 aliphatic carbocycles. The first-order valence-corrected chi connectivity index (χ1v) is 4.03. The maximum Gasteiger partial charge on any atom is 0.211 e. The van der Waals surface area contributed by atoms with Crippen LogP contribution in [0.15, 0.2) is 12.4 Å². The molecule has 4 nitrogen and oxygen atoms in total. The zero-order chi connectivity index (χ0) is 8.55. The van der Waals surface area contributed by atoms with E-state index < -0.39 is 0 Å². The van der Waals surface area contributed by atoms with Gasteiger partial charge in [-0.15, -0.1) is 0 Å². The monoisotopic (exact) mass is 164 g/mol. The molecular weight excluding hydrogens is 152 g/mol. The Kier molecular flexibility index (Phi) is 1.62. The van der Waals surface area contributed by atoms with Gasteiger partial charge >= 0.3 is 0 Å². The molecule has 0 spiro atoms. The van der Waals surface area contributed by atoms with Crippen molar-refractivity contribution in [2.24, 2.45) is 5.73 Å². The van der Waals surface area contributed by atoms with Crippen molar-refractivity contribution in [1.29, 1.82) is 0 Å². The van der Waals surface area contributed by atoms with Gasteiger partial charge in [0.1, 0.15) is 0 Å². The summed E-state index contributed by atoms with van der Waals surface area (Å²) in [6.45, 7) is 2.70. The molecule has 0 aliphatic heterocycles. The van der Waals surface area contributed by atoms with Crippen LogP contribution in [-0.4, -0.2) is 20.9 Å². The molecule has 4 heteroatoms. The van der Waals surface area contributed by atoms with E-state index in [9.17, 15) is 0 Å². The number of hydrogen-bond acceptors (Lipinski definition) is 2. The van der Waals surface area contributed by atoms with Gasteiger partial charge in [0.15, 0.2) is 0 Å². The van der Waals surface area contributed by atoms with Gasteiger partial charge in [-0.25, -0.2) is 4.98 Å². The van der Waals surface area contributed by atoms with E-state index in [1.54, 1.807) is 0 Å². The molecular formula is C8H12N4. The molecule has 0 amide bonds. The van der Waals surface area contributed by atoms with Gasteiger partial charge in [-0.2, -0.15) is 0 Å². The Labute approximate surface area is 70.4 Å². The molecule has 0 aromatic carbocycles. The summed E-state index contributed by atoms with van der Waals surface area (Å²) in [6.07, 6.45) is 4.77. The highest BCUT2D eigenvalue weighted by molar-refractivity contribution is 5.33. The summed E-state index contributed by atoms with van der Waals surface area (Å²) < 4.78 is 2.03. The number of aryl methyl sites for hydroxylation is 1. The number of aromatic nitrogens is 3. The second-order valence-corrected chi connectivity index (χ2v) is 2.91. The first kappa shape index (κ1) is 7.36. The van der Waals surface area contributed by atoms with Crippen molar-refractivity contribution in [2.75, 3.05) is 6.54 Å². The first-order chi connectivity index (χ1) is 5.81. The normalized spacial score (nSPS) is 11.2. The fourth-order valence-electron chi connectivity index (χ4n) is 1.32. The Morgan fingerprint density at radius 3 is 3.17 bits per heavy atom. The average molecular weight is 164 g/mol. The van der Waals surface area contributed by atoms with E-state index in [0.717, 1.165) is 23.6 Å². The van der Waals surface area contributed by atoms with Gasteiger partial charge in [-0.3, -0.25) is 4.40 Å². The predicted octanol–water partition coefficient (Wildman–Crippen LogP) is 0.472. The minimum absolute atomic E-state index is 0.669. The van der Waals surface area contributed by atoms with Crippen molar-refractivity contribution in [2.45, 2.75) is 13.3 Å². The van der Waals surface area contributed by atoms with Crippen LogP contribution in [0.3, 0.4) is 0 Å². The predicted molar refractivity (Wildman–Crippen MR) is 47.0 cm³/mol. The second-order valence-electron chi connectivity index (χ2n) is 2.91. The Bertz CT molecular complexity index is 385. The van der Waals surface area contributed by atoms with E-state index in [4.69, 9.17) is 5.73 Å². The zero-order valence-electron chi connectivity index (χ0n) is 7.04. The van der Waals surface area contributed by atoms with Crippen LogP contribution in [-0.2, 0) is 6.42 Å². The maximum atomic E-state index is 5.44. The Hall–Kier alpha value is -1.29. The molecule has 0 aliphatic rings. The molecule has 12 heavy (non-hydrogen) atoms. The minimum Gasteiger partial charge on any atom is -0.330 e. The number of nitrogens with zero attached hydrogens (tertiary/aromatic N) is 2. The molecule has 3 N–H and O–H groups in total. The van der Waals surface area contributed by atoms with Gasteiger partial charge in [0.05, 0.1) is 6.20 Å². The molecule has 0 bridgehead atoms. The van der Waals surface area contributed by atoms with Crippen LogP contribution in [0.5, 0.6) is 0 Å². The Morgan fingerprint density at radius 1 is 1.67 bits per heavy atom. The molecule has 2 aromatic heterocycles. The molecule has 0 radical (unpaired) electrons. The van der Waals surface area contributed by atoms with Crippen molar-refractivity contribution < 1.29 is 0 Å². The SMILES string of the molecule is Cc1cnc2[nH]c(CCN)cn12. The standard InChI is InChI=1S/C8H12N4/c1-6-4-10-8-11-7(2-3-9)5-12(6)8/h4-5H,2-3,9H2,1H3,(H,10,11). The highest BCUT2D eigenvalue weighted by atomic mass is 15.1. The van der Waals surface area contributed by atoms with Crippen molar-refractivity contribution in [1.82, 2.24) is 14.4 Å². The highest BCUT2D eigenvalue weighted by Gasteiger charge is 2.02. The summed E-state index contributed by atoms with van der Waals surface area (Å²) >= 11 is 0. The summed E-state index contributed by atoms with van der Waals surface area (Å²) in [4.78, 5) is 7.38. The van der Waals surface area contributed by atoms with E-state index in [0.29, 0.717) is 6.54 Å². The molecule has 0 atom stereocenters. The van der Waals surface area contributed by atoms with Crippen LogP contribution in [0.1, 0.15) is 11.4 Å². The van der Waals surface area contributed by atoms with Crippen LogP contribution in [0, 0.1) is 6.92 Å². The third-order valence-corrected chi connectivity index (χ3v) is 1.95. The molecule has 64 valence electrons. The number of nitrogens with two attached hydrogens (primary N) is 1. The summed E-state index contributed by atoms with van der Waals surface area (Å²) in [5, 5.41) is 0. The third kappa shape index (κ3) is 1.00. The molecule has 2 aromatic rings. The van der Waals surface area contributed by atoms with Crippen molar-refractivity contribution in [3.05, 3.63) is 23.8 Å². The molecule has 2 rings (SSSR count). The first-order valence-electron chi connectivity index (χ1n) is 4.03. The maximum absolute atomic E-state index is 5.44. The Morgan fingerprint density at radius 2 is 2.50 bits per heavy atom. The van der Waals surface area contributed by atoms with Gasteiger partial charge in [-0.1, -0.05) is 0 Å². The molecule has 2 heterocycles. The Balaban J connectivity index is 2.48. The van der Waals surface area contributed by atoms with Crippen molar-refractivity contribution in [3.63, 3.8) is 0 Å². The van der Waals surface area contributed by atoms with Gasteiger partial charge in [0, 0.05) is 24.0 Å². The van der Waals surface area contributed by atoms with E-state index in [1.165, 1.54) is 0 Å². The average Bonchev–Trinajstić information content (AvgIpc) is 2.55. The van der Waals surface area contributed by atoms with Crippen molar-refractivity contribution >= 4 is 5.78 Å². The van der Waals surface area contributed by atoms with E-state index in [-0.39, 0.29) is 0 Å². The molecule has 0 saturated heterocycles. The second kappa shape index (κ2) is 2.64. The third-order valence-electron chi connectivity index (χ3n) is 1.95. The summed E-state index contributed by atoms with van der Waals surface area (Å²) in [5.74, 6) is 0.899. The van der Waals surface area contributed by atoms with Crippen LogP contribution in [0.4, 0.5) is 0 Å². The fraction of sp³-hybridized carbons (Fsp3) is 0.375.